The number of nitrogens with zero attached hydrogens (tertiary/aromatic N) is 1. The fourth-order valence-electron chi connectivity index (χ4n) is 1.82. The Labute approximate surface area is 117 Å². The summed E-state index contributed by atoms with van der Waals surface area (Å²) in [5, 5.41) is 0.921. The van der Waals surface area contributed by atoms with Crippen LogP contribution >= 0.6 is 12.2 Å². The van der Waals surface area contributed by atoms with Crippen LogP contribution in [0.1, 0.15) is 12.0 Å². The Morgan fingerprint density at radius 3 is 2.84 bits per heavy atom. The van der Waals surface area contributed by atoms with E-state index in [1.807, 2.05) is 24.3 Å². The smallest absolute Gasteiger partial charge is 0.140 e. The van der Waals surface area contributed by atoms with Gasteiger partial charge in [-0.25, -0.2) is 0 Å². The van der Waals surface area contributed by atoms with Crippen LogP contribution in [0, 0.1) is 0 Å². The molecule has 100 valence electrons. The van der Waals surface area contributed by atoms with E-state index >= 15 is 0 Å². The highest BCUT2D eigenvalue weighted by Crippen LogP contribution is 2.28. The van der Waals surface area contributed by atoms with Crippen LogP contribution < -0.4 is 10.5 Å². The Balaban J connectivity index is 2.35. The van der Waals surface area contributed by atoms with E-state index < -0.39 is 0 Å². The molecule has 2 aromatic rings. The van der Waals surface area contributed by atoms with Crippen LogP contribution in [0.2, 0.25) is 0 Å². The van der Waals surface area contributed by atoms with E-state index in [2.05, 4.69) is 4.98 Å². The average molecular weight is 276 g/mol. The number of rotatable bonds is 6. The quantitative estimate of drug-likeness (QED) is 0.648. The molecular weight excluding hydrogens is 260 g/mol. The highest BCUT2D eigenvalue weighted by molar-refractivity contribution is 7.80. The highest BCUT2D eigenvalue weighted by Gasteiger charge is 2.11. The van der Waals surface area contributed by atoms with Crippen molar-refractivity contribution in [3.63, 3.8) is 0 Å². The second-order valence-corrected chi connectivity index (χ2v) is 4.52. The molecule has 1 aromatic heterocycles. The summed E-state index contributed by atoms with van der Waals surface area (Å²) in [7, 11) is 1.67. The van der Waals surface area contributed by atoms with Gasteiger partial charge < -0.3 is 15.2 Å². The Kier molecular flexibility index (Phi) is 4.65. The maximum absolute atomic E-state index is 5.83. The summed E-state index contributed by atoms with van der Waals surface area (Å²) in [5.41, 5.74) is 7.26. The molecule has 0 spiro atoms. The predicted molar refractivity (Wildman–Crippen MR) is 79.6 cm³/mol. The zero-order chi connectivity index (χ0) is 13.7. The summed E-state index contributed by atoms with van der Waals surface area (Å²) in [6, 6.07) is 7.76. The molecule has 0 amide bonds. The molecule has 0 bridgehead atoms. The number of pyridine rings is 1. The lowest BCUT2D eigenvalue weighted by atomic mass is 10.1. The largest absolute Gasteiger partial charge is 0.492 e. The van der Waals surface area contributed by atoms with Crippen molar-refractivity contribution in [2.75, 3.05) is 20.3 Å². The Bertz CT molecular complexity index is 587. The van der Waals surface area contributed by atoms with Crippen molar-refractivity contribution in [3.8, 4) is 5.75 Å². The Hall–Kier alpha value is -1.72. The lowest BCUT2D eigenvalue weighted by Crippen LogP contribution is -2.13. The standard InChI is InChI=1S/C14H16N2O2S/c1-17-7-4-8-18-13-10-5-2-3-6-12(10)16-9-11(13)14(15)19/h2-3,5-6,9H,4,7-8H2,1H3,(H2,15,19). The number of fused-ring (bicyclic) bond motifs is 1. The van der Waals surface area contributed by atoms with Gasteiger partial charge in [-0.1, -0.05) is 24.4 Å². The second kappa shape index (κ2) is 6.45. The molecule has 1 heterocycles. The maximum atomic E-state index is 5.83. The van der Waals surface area contributed by atoms with E-state index in [0.29, 0.717) is 29.5 Å². The summed E-state index contributed by atoms with van der Waals surface area (Å²) in [5.74, 6) is 0.703. The number of nitrogens with two attached hydrogens (primary N) is 1. The Morgan fingerprint density at radius 2 is 2.11 bits per heavy atom. The molecule has 0 saturated heterocycles. The van der Waals surface area contributed by atoms with Gasteiger partial charge in [0.25, 0.3) is 0 Å². The van der Waals surface area contributed by atoms with Crippen molar-refractivity contribution in [2.24, 2.45) is 5.73 Å². The van der Waals surface area contributed by atoms with Gasteiger partial charge in [0.1, 0.15) is 10.7 Å². The van der Waals surface area contributed by atoms with Gasteiger partial charge in [-0.05, 0) is 12.1 Å². The van der Waals surface area contributed by atoms with Gasteiger partial charge in [-0.3, -0.25) is 4.98 Å². The van der Waals surface area contributed by atoms with Crippen molar-refractivity contribution < 1.29 is 9.47 Å². The highest BCUT2D eigenvalue weighted by atomic mass is 32.1. The third-order valence-electron chi connectivity index (χ3n) is 2.73. The second-order valence-electron chi connectivity index (χ2n) is 4.08. The average Bonchev–Trinajstić information content (AvgIpc) is 2.43. The molecule has 0 fully saturated rings. The number of ether oxygens (including phenoxy) is 2. The van der Waals surface area contributed by atoms with Gasteiger partial charge in [-0.15, -0.1) is 0 Å². The normalized spacial score (nSPS) is 10.6. The molecule has 5 heteroatoms. The molecular formula is C14H16N2O2S. The van der Waals surface area contributed by atoms with E-state index in [0.717, 1.165) is 17.3 Å². The van der Waals surface area contributed by atoms with Crippen LogP contribution in [-0.4, -0.2) is 30.3 Å². The molecule has 1 aromatic carbocycles. The number of thiocarbonyl (C=S) groups is 1. The van der Waals surface area contributed by atoms with Crippen molar-refractivity contribution in [3.05, 3.63) is 36.0 Å². The van der Waals surface area contributed by atoms with Gasteiger partial charge >= 0.3 is 0 Å². The predicted octanol–water partition coefficient (Wildman–Crippen LogP) is 2.28. The van der Waals surface area contributed by atoms with Crippen LogP contribution in [0.4, 0.5) is 0 Å². The van der Waals surface area contributed by atoms with Gasteiger partial charge in [-0.2, -0.15) is 0 Å². The number of methoxy groups -OCH3 is 1. The zero-order valence-electron chi connectivity index (χ0n) is 10.8. The van der Waals surface area contributed by atoms with Crippen LogP contribution in [0.15, 0.2) is 30.5 Å². The molecule has 2 N–H and O–H groups in total. The van der Waals surface area contributed by atoms with Crippen molar-refractivity contribution in [1.29, 1.82) is 0 Å². The molecule has 0 aliphatic carbocycles. The van der Waals surface area contributed by atoms with E-state index in [1.165, 1.54) is 0 Å². The first-order valence-corrected chi connectivity index (χ1v) is 6.44. The number of hydrogen-bond donors (Lipinski definition) is 1. The number of hydrogen-bond acceptors (Lipinski definition) is 4. The molecule has 4 nitrogen and oxygen atoms in total. The van der Waals surface area contributed by atoms with Crippen LogP contribution in [0.3, 0.4) is 0 Å². The summed E-state index contributed by atoms with van der Waals surface area (Å²) in [6.45, 7) is 1.21. The number of aromatic nitrogens is 1. The summed E-state index contributed by atoms with van der Waals surface area (Å²) >= 11 is 5.05. The lowest BCUT2D eigenvalue weighted by molar-refractivity contribution is 0.172. The lowest BCUT2D eigenvalue weighted by Gasteiger charge is -2.13. The topological polar surface area (TPSA) is 57.4 Å². The molecule has 0 aliphatic rings. The monoisotopic (exact) mass is 276 g/mol. The SMILES string of the molecule is COCCCOc1c(C(N)=S)cnc2ccccc12. The first kappa shape index (κ1) is 13.7. The third-order valence-corrected chi connectivity index (χ3v) is 2.95. The first-order chi connectivity index (χ1) is 9.24. The van der Waals surface area contributed by atoms with Gasteiger partial charge in [0, 0.05) is 31.7 Å². The van der Waals surface area contributed by atoms with E-state index in [4.69, 9.17) is 27.4 Å². The minimum Gasteiger partial charge on any atom is -0.492 e. The van der Waals surface area contributed by atoms with Gasteiger partial charge in [0.15, 0.2) is 0 Å². The molecule has 0 saturated carbocycles. The van der Waals surface area contributed by atoms with Crippen molar-refractivity contribution >= 4 is 28.1 Å². The minimum atomic E-state index is 0.292. The Morgan fingerprint density at radius 1 is 1.32 bits per heavy atom. The van der Waals surface area contributed by atoms with Crippen LogP contribution in [0.5, 0.6) is 5.75 Å². The van der Waals surface area contributed by atoms with Crippen LogP contribution in [-0.2, 0) is 4.74 Å². The van der Waals surface area contributed by atoms with Crippen molar-refractivity contribution in [1.82, 2.24) is 4.98 Å². The fraction of sp³-hybridized carbons (Fsp3) is 0.286. The minimum absolute atomic E-state index is 0.292. The first-order valence-electron chi connectivity index (χ1n) is 6.03. The fourth-order valence-corrected chi connectivity index (χ4v) is 1.97. The molecule has 19 heavy (non-hydrogen) atoms. The van der Waals surface area contributed by atoms with E-state index in [9.17, 15) is 0 Å². The molecule has 2 rings (SSSR count). The molecule has 0 radical (unpaired) electrons. The van der Waals surface area contributed by atoms with Gasteiger partial charge in [0.2, 0.25) is 0 Å². The zero-order valence-corrected chi connectivity index (χ0v) is 11.6. The molecule has 0 atom stereocenters. The number of benzene rings is 1. The van der Waals surface area contributed by atoms with Crippen LogP contribution in [0.25, 0.3) is 10.9 Å². The third kappa shape index (κ3) is 3.19. The van der Waals surface area contributed by atoms with E-state index in [-0.39, 0.29) is 0 Å². The molecule has 0 unspecified atom stereocenters. The van der Waals surface area contributed by atoms with Gasteiger partial charge in [0.05, 0.1) is 17.7 Å². The van der Waals surface area contributed by atoms with E-state index in [1.54, 1.807) is 13.3 Å². The summed E-state index contributed by atoms with van der Waals surface area (Å²) in [4.78, 5) is 4.63. The van der Waals surface area contributed by atoms with Crippen molar-refractivity contribution in [2.45, 2.75) is 6.42 Å². The number of para-hydroxylation sites is 1. The summed E-state index contributed by atoms with van der Waals surface area (Å²) in [6.07, 6.45) is 2.47. The molecule has 0 aliphatic heterocycles. The summed E-state index contributed by atoms with van der Waals surface area (Å²) < 4.78 is 10.8. The maximum Gasteiger partial charge on any atom is 0.140 e.